The Labute approximate surface area is 94.5 Å². The van der Waals surface area contributed by atoms with E-state index in [1.807, 2.05) is 0 Å². The first-order valence-corrected chi connectivity index (χ1v) is 6.49. The Hall–Kier alpha value is -0.0800. The number of nitrogens with one attached hydrogen (secondary N) is 1. The molecule has 0 bridgehead atoms. The predicted molar refractivity (Wildman–Crippen MR) is 64.9 cm³/mol. The predicted octanol–water partition coefficient (Wildman–Crippen LogP) is 2.56. The summed E-state index contributed by atoms with van der Waals surface area (Å²) in [6.07, 6.45) is 5.76. The molecule has 2 nitrogen and oxygen atoms in total. The average molecular weight is 213 g/mol. The van der Waals surface area contributed by atoms with E-state index in [1.165, 1.54) is 19.3 Å². The van der Waals surface area contributed by atoms with Gasteiger partial charge in [-0.3, -0.25) is 0 Å². The Bertz CT molecular complexity index is 170. The average Bonchev–Trinajstić information content (AvgIpc) is 2.58. The molecule has 0 spiro atoms. The highest BCUT2D eigenvalue weighted by Crippen LogP contribution is 2.24. The van der Waals surface area contributed by atoms with Crippen LogP contribution in [0.3, 0.4) is 0 Å². The monoisotopic (exact) mass is 213 g/mol. The zero-order valence-electron chi connectivity index (χ0n) is 10.5. The molecular formula is C13H27NO. The molecule has 1 rings (SSSR count). The SMILES string of the molecule is CC(C)CCC(C)NCC1CCC(O)C1. The van der Waals surface area contributed by atoms with Gasteiger partial charge in [-0.25, -0.2) is 0 Å². The summed E-state index contributed by atoms with van der Waals surface area (Å²) in [5.41, 5.74) is 0. The van der Waals surface area contributed by atoms with Gasteiger partial charge in [0, 0.05) is 6.04 Å². The Kier molecular flexibility index (Phi) is 5.62. The van der Waals surface area contributed by atoms with Crippen molar-refractivity contribution in [1.82, 2.24) is 5.32 Å². The van der Waals surface area contributed by atoms with Crippen LogP contribution in [0.5, 0.6) is 0 Å². The fraction of sp³-hybridized carbons (Fsp3) is 1.00. The molecule has 0 aromatic carbocycles. The van der Waals surface area contributed by atoms with Gasteiger partial charge in [-0.2, -0.15) is 0 Å². The quantitative estimate of drug-likeness (QED) is 0.711. The lowest BCUT2D eigenvalue weighted by Gasteiger charge is -2.17. The van der Waals surface area contributed by atoms with Gasteiger partial charge in [-0.15, -0.1) is 0 Å². The van der Waals surface area contributed by atoms with E-state index in [4.69, 9.17) is 0 Å². The van der Waals surface area contributed by atoms with Crippen LogP contribution in [0.2, 0.25) is 0 Å². The second-order valence-electron chi connectivity index (χ2n) is 5.61. The standard InChI is InChI=1S/C13H27NO/c1-10(2)4-5-11(3)14-9-12-6-7-13(15)8-12/h10-15H,4-9H2,1-3H3. The summed E-state index contributed by atoms with van der Waals surface area (Å²) in [7, 11) is 0. The van der Waals surface area contributed by atoms with Crippen LogP contribution in [0, 0.1) is 11.8 Å². The van der Waals surface area contributed by atoms with Crippen LogP contribution in [0.25, 0.3) is 0 Å². The number of aliphatic hydroxyl groups excluding tert-OH is 1. The molecule has 1 saturated carbocycles. The van der Waals surface area contributed by atoms with Gasteiger partial charge in [0.05, 0.1) is 6.10 Å². The minimum Gasteiger partial charge on any atom is -0.393 e. The van der Waals surface area contributed by atoms with Gasteiger partial charge < -0.3 is 10.4 Å². The summed E-state index contributed by atoms with van der Waals surface area (Å²) in [4.78, 5) is 0. The molecule has 0 amide bonds. The molecule has 3 unspecified atom stereocenters. The zero-order valence-corrected chi connectivity index (χ0v) is 10.5. The van der Waals surface area contributed by atoms with Crippen molar-refractivity contribution in [3.8, 4) is 0 Å². The molecule has 1 fully saturated rings. The van der Waals surface area contributed by atoms with E-state index in [1.54, 1.807) is 0 Å². The highest BCUT2D eigenvalue weighted by molar-refractivity contribution is 4.77. The van der Waals surface area contributed by atoms with Crippen molar-refractivity contribution in [2.75, 3.05) is 6.54 Å². The van der Waals surface area contributed by atoms with Crippen molar-refractivity contribution in [2.45, 2.75) is 65.0 Å². The Morgan fingerprint density at radius 1 is 1.20 bits per heavy atom. The number of aliphatic hydroxyl groups is 1. The molecule has 1 aliphatic rings. The van der Waals surface area contributed by atoms with Crippen molar-refractivity contribution < 1.29 is 5.11 Å². The maximum atomic E-state index is 9.41. The van der Waals surface area contributed by atoms with Crippen LogP contribution >= 0.6 is 0 Å². The van der Waals surface area contributed by atoms with Crippen LogP contribution in [0.15, 0.2) is 0 Å². The molecule has 0 aromatic heterocycles. The molecule has 2 N–H and O–H groups in total. The van der Waals surface area contributed by atoms with Gasteiger partial charge in [0.15, 0.2) is 0 Å². The third kappa shape index (κ3) is 5.53. The molecule has 0 radical (unpaired) electrons. The van der Waals surface area contributed by atoms with E-state index in [-0.39, 0.29) is 6.10 Å². The summed E-state index contributed by atoms with van der Waals surface area (Å²) in [6.45, 7) is 7.92. The summed E-state index contributed by atoms with van der Waals surface area (Å²) >= 11 is 0. The van der Waals surface area contributed by atoms with E-state index in [0.717, 1.165) is 25.3 Å². The zero-order chi connectivity index (χ0) is 11.3. The van der Waals surface area contributed by atoms with Crippen molar-refractivity contribution >= 4 is 0 Å². The normalized spacial score (nSPS) is 28.6. The van der Waals surface area contributed by atoms with Gasteiger partial charge in [0.1, 0.15) is 0 Å². The first kappa shape index (κ1) is 13.0. The molecule has 90 valence electrons. The topological polar surface area (TPSA) is 32.3 Å². The first-order chi connectivity index (χ1) is 7.08. The third-order valence-electron chi connectivity index (χ3n) is 3.45. The highest BCUT2D eigenvalue weighted by Gasteiger charge is 2.22. The van der Waals surface area contributed by atoms with Gasteiger partial charge in [0.25, 0.3) is 0 Å². The van der Waals surface area contributed by atoms with E-state index >= 15 is 0 Å². The summed E-state index contributed by atoms with van der Waals surface area (Å²) < 4.78 is 0. The minimum atomic E-state index is -0.0252. The number of hydrogen-bond acceptors (Lipinski definition) is 2. The summed E-state index contributed by atoms with van der Waals surface area (Å²) in [5.74, 6) is 1.52. The van der Waals surface area contributed by atoms with Gasteiger partial charge in [-0.1, -0.05) is 13.8 Å². The van der Waals surface area contributed by atoms with Crippen LogP contribution in [0.1, 0.15) is 52.9 Å². The largest absolute Gasteiger partial charge is 0.393 e. The van der Waals surface area contributed by atoms with Crippen LogP contribution < -0.4 is 5.32 Å². The molecule has 3 atom stereocenters. The lowest BCUT2D eigenvalue weighted by Crippen LogP contribution is -2.30. The maximum Gasteiger partial charge on any atom is 0.0543 e. The maximum absolute atomic E-state index is 9.41. The van der Waals surface area contributed by atoms with Gasteiger partial charge in [0.2, 0.25) is 0 Å². The van der Waals surface area contributed by atoms with Crippen molar-refractivity contribution in [1.29, 1.82) is 0 Å². The van der Waals surface area contributed by atoms with Crippen LogP contribution in [-0.4, -0.2) is 23.8 Å². The van der Waals surface area contributed by atoms with E-state index in [2.05, 4.69) is 26.1 Å². The fourth-order valence-electron chi connectivity index (χ4n) is 2.29. The first-order valence-electron chi connectivity index (χ1n) is 6.49. The second kappa shape index (κ2) is 6.49. The Balaban J connectivity index is 2.03. The lowest BCUT2D eigenvalue weighted by molar-refractivity contribution is 0.177. The molecular weight excluding hydrogens is 186 g/mol. The molecule has 0 aliphatic heterocycles. The molecule has 2 heteroatoms. The summed E-state index contributed by atoms with van der Waals surface area (Å²) in [5, 5.41) is 13.0. The van der Waals surface area contributed by atoms with Crippen molar-refractivity contribution in [3.63, 3.8) is 0 Å². The van der Waals surface area contributed by atoms with E-state index in [9.17, 15) is 5.11 Å². The van der Waals surface area contributed by atoms with Crippen LogP contribution in [-0.2, 0) is 0 Å². The van der Waals surface area contributed by atoms with E-state index in [0.29, 0.717) is 12.0 Å². The molecule has 0 heterocycles. The van der Waals surface area contributed by atoms with Gasteiger partial charge >= 0.3 is 0 Å². The van der Waals surface area contributed by atoms with E-state index < -0.39 is 0 Å². The molecule has 1 aliphatic carbocycles. The smallest absolute Gasteiger partial charge is 0.0543 e. The Morgan fingerprint density at radius 3 is 2.47 bits per heavy atom. The third-order valence-corrected chi connectivity index (χ3v) is 3.45. The lowest BCUT2D eigenvalue weighted by atomic mass is 10.0. The number of rotatable bonds is 6. The second-order valence-corrected chi connectivity index (χ2v) is 5.61. The molecule has 15 heavy (non-hydrogen) atoms. The highest BCUT2D eigenvalue weighted by atomic mass is 16.3. The molecule has 0 aromatic rings. The van der Waals surface area contributed by atoms with Crippen molar-refractivity contribution in [3.05, 3.63) is 0 Å². The summed E-state index contributed by atoms with van der Waals surface area (Å²) in [6, 6.07) is 0.630. The Morgan fingerprint density at radius 2 is 1.93 bits per heavy atom. The minimum absolute atomic E-state index is 0.0252. The van der Waals surface area contributed by atoms with Gasteiger partial charge in [-0.05, 0) is 57.4 Å². The van der Waals surface area contributed by atoms with Crippen molar-refractivity contribution in [2.24, 2.45) is 11.8 Å². The fourth-order valence-corrected chi connectivity index (χ4v) is 2.29. The number of hydrogen-bond donors (Lipinski definition) is 2. The van der Waals surface area contributed by atoms with Crippen LogP contribution in [0.4, 0.5) is 0 Å². The molecule has 0 saturated heterocycles.